The summed E-state index contributed by atoms with van der Waals surface area (Å²) in [5.74, 6) is -0.750. The number of halogens is 1. The highest BCUT2D eigenvalue weighted by molar-refractivity contribution is 7.43. The highest BCUT2D eigenvalue weighted by Gasteiger charge is 2.32. The summed E-state index contributed by atoms with van der Waals surface area (Å²) in [4.78, 5) is 24.8. The van der Waals surface area contributed by atoms with Gasteiger partial charge in [-0.05, 0) is 12.1 Å². The van der Waals surface area contributed by atoms with E-state index in [1.54, 1.807) is 30.3 Å². The van der Waals surface area contributed by atoms with Gasteiger partial charge in [0.15, 0.2) is 35.3 Å². The first-order valence-electron chi connectivity index (χ1n) is 8.59. The normalized spacial score (nSPS) is 19.2. The largest absolute Gasteiger partial charge is 0.363 e. The molecule has 3 atom stereocenters. The van der Waals surface area contributed by atoms with Gasteiger partial charge in [-0.25, -0.2) is 19.3 Å². The van der Waals surface area contributed by atoms with Gasteiger partial charge in [0.05, 0.1) is 6.33 Å². The molecule has 0 fully saturated rings. The molecule has 3 heterocycles. The molecule has 11 heteroatoms. The number of carbonyl (C=O) groups excluding carboxylic acids is 1. The van der Waals surface area contributed by atoms with Gasteiger partial charge in [-0.15, -0.1) is 0 Å². The van der Waals surface area contributed by atoms with Crippen LogP contribution in [0.5, 0.6) is 0 Å². The zero-order valence-electron chi connectivity index (χ0n) is 15.2. The third-order valence-electron chi connectivity index (χ3n) is 4.09. The molecule has 2 unspecified atom stereocenters. The summed E-state index contributed by atoms with van der Waals surface area (Å²) >= 11 is 0. The molecule has 2 aromatic heterocycles. The Bertz CT molecular complexity index is 1100. The third kappa shape index (κ3) is 4.04. The molecule has 1 aliphatic rings. The van der Waals surface area contributed by atoms with E-state index in [-0.39, 0.29) is 29.2 Å². The Labute approximate surface area is 165 Å². The average Bonchev–Trinajstić information content (AvgIpc) is 3.30. The number of amides is 1. The van der Waals surface area contributed by atoms with Gasteiger partial charge in [0, 0.05) is 11.6 Å². The summed E-state index contributed by atoms with van der Waals surface area (Å²) in [5, 5.41) is 2.69. The molecule has 1 aliphatic heterocycles. The maximum Gasteiger partial charge on any atom is 0.363 e. The predicted molar refractivity (Wildman–Crippen MR) is 102 cm³/mol. The molecule has 0 saturated heterocycles. The summed E-state index contributed by atoms with van der Waals surface area (Å²) in [6.07, 6.45) is 1.61. The molecule has 3 aromatic rings. The molecule has 1 amide bonds. The number of nitrogens with zero attached hydrogens (tertiary/aromatic N) is 4. The van der Waals surface area contributed by atoms with Crippen LogP contribution in [0.3, 0.4) is 0 Å². The van der Waals surface area contributed by atoms with Gasteiger partial charge >= 0.3 is 7.80 Å². The maximum absolute atomic E-state index is 14.4. The molecule has 0 aliphatic carbocycles. The van der Waals surface area contributed by atoms with E-state index in [2.05, 4.69) is 20.3 Å². The number of anilines is 1. The zero-order chi connectivity index (χ0) is 20.4. The van der Waals surface area contributed by atoms with E-state index in [1.807, 2.05) is 0 Å². The number of nitrogens with one attached hydrogen (secondary N) is 1. The molecule has 29 heavy (non-hydrogen) atoms. The van der Waals surface area contributed by atoms with Crippen molar-refractivity contribution in [3.63, 3.8) is 0 Å². The number of ether oxygens (including phenoxy) is 2. The van der Waals surface area contributed by atoms with Crippen molar-refractivity contribution >= 4 is 30.7 Å². The van der Waals surface area contributed by atoms with Crippen molar-refractivity contribution in [3.8, 4) is 0 Å². The summed E-state index contributed by atoms with van der Waals surface area (Å²) in [7, 11) is -1.53. The monoisotopic (exact) mass is 416 g/mol. The smallest absolute Gasteiger partial charge is 0.318 e. The minimum absolute atomic E-state index is 0.0426. The summed E-state index contributed by atoms with van der Waals surface area (Å²) in [6, 6.07) is 8.64. The highest BCUT2D eigenvalue weighted by atomic mass is 31.1. The van der Waals surface area contributed by atoms with Gasteiger partial charge in [-0.3, -0.25) is 9.36 Å². The number of imidazole rings is 1. The van der Waals surface area contributed by atoms with Crippen LogP contribution < -0.4 is 5.32 Å². The highest BCUT2D eigenvalue weighted by Crippen LogP contribution is 2.34. The molecule has 0 radical (unpaired) electrons. The van der Waals surface area contributed by atoms with Crippen LogP contribution in [0, 0.1) is 0 Å². The number of fused-ring (bicyclic) bond motifs is 1. The third-order valence-corrected chi connectivity index (χ3v) is 4.61. The zero-order valence-corrected chi connectivity index (χ0v) is 16.1. The first-order chi connectivity index (χ1) is 14.0. The van der Waals surface area contributed by atoms with E-state index < -0.39 is 26.1 Å². The first kappa shape index (κ1) is 19.3. The average molecular weight is 416 g/mol. The Kier molecular flexibility index (Phi) is 5.39. The molecular formula is C18H16FN5O4P+. The van der Waals surface area contributed by atoms with Crippen molar-refractivity contribution in [2.45, 2.75) is 12.5 Å². The lowest BCUT2D eigenvalue weighted by molar-refractivity contribution is -0.127. The van der Waals surface area contributed by atoms with Crippen molar-refractivity contribution in [1.29, 1.82) is 0 Å². The molecule has 1 aromatic carbocycles. The Morgan fingerprint density at radius 3 is 2.86 bits per heavy atom. The molecule has 0 saturated carbocycles. The molecule has 0 spiro atoms. The molecule has 1 N–H and O–H groups in total. The number of carbonyl (C=O) groups is 1. The first-order valence-corrected chi connectivity index (χ1v) is 10.5. The van der Waals surface area contributed by atoms with Crippen molar-refractivity contribution in [2.75, 3.05) is 18.3 Å². The SMILES string of the molecule is C[P+](=O)COC1C=C(F)[C@H](n2cnc3c(NC(=O)c4ccccc4)ncnc32)O1. The van der Waals surface area contributed by atoms with Crippen molar-refractivity contribution in [1.82, 2.24) is 19.5 Å². The Morgan fingerprint density at radius 1 is 1.31 bits per heavy atom. The lowest BCUT2D eigenvalue weighted by Gasteiger charge is -2.14. The quantitative estimate of drug-likeness (QED) is 0.615. The van der Waals surface area contributed by atoms with Gasteiger partial charge < -0.3 is 14.8 Å². The predicted octanol–water partition coefficient (Wildman–Crippen LogP) is 3.22. The minimum atomic E-state index is -1.53. The van der Waals surface area contributed by atoms with E-state index >= 15 is 0 Å². The van der Waals surface area contributed by atoms with Crippen LogP contribution >= 0.6 is 7.80 Å². The summed E-state index contributed by atoms with van der Waals surface area (Å²) in [5.41, 5.74) is 1.02. The van der Waals surface area contributed by atoms with E-state index in [9.17, 15) is 13.8 Å². The van der Waals surface area contributed by atoms with E-state index in [4.69, 9.17) is 9.47 Å². The van der Waals surface area contributed by atoms with E-state index in [0.717, 1.165) is 6.08 Å². The van der Waals surface area contributed by atoms with Gasteiger partial charge in [-0.2, -0.15) is 0 Å². The lowest BCUT2D eigenvalue weighted by atomic mass is 10.2. The lowest BCUT2D eigenvalue weighted by Crippen LogP contribution is -2.16. The fourth-order valence-electron chi connectivity index (χ4n) is 2.79. The number of hydrogen-bond acceptors (Lipinski definition) is 7. The van der Waals surface area contributed by atoms with E-state index in [0.29, 0.717) is 5.56 Å². The van der Waals surface area contributed by atoms with Crippen LogP contribution in [-0.4, -0.2) is 44.7 Å². The van der Waals surface area contributed by atoms with Gasteiger partial charge in [-0.1, -0.05) is 22.8 Å². The number of benzene rings is 1. The fourth-order valence-corrected chi connectivity index (χ4v) is 3.15. The van der Waals surface area contributed by atoms with Gasteiger partial charge in [0.25, 0.3) is 5.91 Å². The van der Waals surface area contributed by atoms with Crippen LogP contribution in [0.15, 0.2) is 54.9 Å². The number of rotatable bonds is 6. The standard InChI is InChI=1S/C18H15FN5O4P/c1-29(26)10-27-13-7-12(19)18(28-13)24-9-22-14-15(20-8-21-16(14)24)23-17(25)11-5-3-2-4-6-11/h2-9,13,18H,10H2,1H3/p+1/t13?,18-/m1/s1. The second kappa shape index (κ2) is 8.12. The van der Waals surface area contributed by atoms with Crippen molar-refractivity contribution < 1.29 is 23.2 Å². The summed E-state index contributed by atoms with van der Waals surface area (Å²) < 4.78 is 37.7. The Hall–Kier alpha value is -3.07. The Morgan fingerprint density at radius 2 is 2.10 bits per heavy atom. The molecular weight excluding hydrogens is 400 g/mol. The van der Waals surface area contributed by atoms with Crippen LogP contribution in [0.2, 0.25) is 0 Å². The van der Waals surface area contributed by atoms with Crippen molar-refractivity contribution in [3.05, 3.63) is 60.5 Å². The second-order valence-corrected chi connectivity index (χ2v) is 7.71. The van der Waals surface area contributed by atoms with Gasteiger partial charge in [0.1, 0.15) is 13.0 Å². The van der Waals surface area contributed by atoms with Crippen LogP contribution in [0.25, 0.3) is 11.2 Å². The van der Waals surface area contributed by atoms with Crippen LogP contribution in [0.4, 0.5) is 10.2 Å². The summed E-state index contributed by atoms with van der Waals surface area (Å²) in [6.45, 7) is 1.51. The molecule has 4 rings (SSSR count). The van der Waals surface area contributed by atoms with Gasteiger partial charge in [0.2, 0.25) is 6.35 Å². The van der Waals surface area contributed by atoms with Crippen molar-refractivity contribution in [2.24, 2.45) is 0 Å². The fraction of sp³-hybridized carbons (Fsp3) is 0.222. The maximum atomic E-state index is 14.4. The molecule has 148 valence electrons. The minimum Gasteiger partial charge on any atom is -0.318 e. The van der Waals surface area contributed by atoms with Crippen LogP contribution in [-0.2, 0) is 14.0 Å². The molecule has 0 bridgehead atoms. The number of hydrogen-bond donors (Lipinski definition) is 1. The molecule has 9 nitrogen and oxygen atoms in total. The number of aromatic nitrogens is 4. The topological polar surface area (TPSA) is 108 Å². The second-order valence-electron chi connectivity index (χ2n) is 6.20. The van der Waals surface area contributed by atoms with E-state index in [1.165, 1.54) is 23.9 Å². The Balaban J connectivity index is 1.57. The van der Waals surface area contributed by atoms with Crippen LogP contribution in [0.1, 0.15) is 16.6 Å².